The second-order valence-corrected chi connectivity index (χ2v) is 7.91. The third-order valence-electron chi connectivity index (χ3n) is 5.96. The highest BCUT2D eigenvalue weighted by atomic mass is 16.1. The van der Waals surface area contributed by atoms with Crippen LogP contribution < -0.4 is 10.6 Å². The molecule has 0 fully saturated rings. The van der Waals surface area contributed by atoms with Gasteiger partial charge in [-0.3, -0.25) is 9.59 Å². The summed E-state index contributed by atoms with van der Waals surface area (Å²) in [5, 5.41) is 8.50. The summed E-state index contributed by atoms with van der Waals surface area (Å²) in [7, 11) is 0. The molecule has 0 bridgehead atoms. The third kappa shape index (κ3) is 2.85. The number of fused-ring (bicyclic) bond motifs is 3. The molecular weight excluding hydrogens is 396 g/mol. The van der Waals surface area contributed by atoms with Crippen molar-refractivity contribution >= 4 is 45.9 Å². The average Bonchev–Trinajstić information content (AvgIpc) is 3.32. The largest absolute Gasteiger partial charge is 0.352 e. The van der Waals surface area contributed by atoms with Crippen LogP contribution in [0.5, 0.6) is 0 Å². The molecule has 4 heteroatoms. The minimum atomic E-state index is -0.00519. The number of ketones is 2. The molecule has 4 aromatic rings. The zero-order valence-electron chi connectivity index (χ0n) is 17.1. The van der Waals surface area contributed by atoms with E-state index < -0.39 is 0 Å². The van der Waals surface area contributed by atoms with E-state index in [2.05, 4.69) is 10.6 Å². The Bertz CT molecular complexity index is 1400. The molecule has 2 aliphatic rings. The van der Waals surface area contributed by atoms with Gasteiger partial charge < -0.3 is 10.6 Å². The van der Waals surface area contributed by atoms with Gasteiger partial charge >= 0.3 is 0 Å². The van der Waals surface area contributed by atoms with Crippen LogP contribution in [0.25, 0.3) is 22.9 Å². The van der Waals surface area contributed by atoms with Crippen molar-refractivity contribution in [3.05, 3.63) is 119 Å². The van der Waals surface area contributed by atoms with Crippen LogP contribution in [0.2, 0.25) is 0 Å². The Hall–Kier alpha value is -4.44. The van der Waals surface area contributed by atoms with E-state index in [1.807, 2.05) is 97.1 Å². The molecule has 0 atom stereocenters. The molecule has 0 radical (unpaired) electrons. The maximum atomic E-state index is 12.8. The molecule has 152 valence electrons. The van der Waals surface area contributed by atoms with Crippen LogP contribution in [-0.4, -0.2) is 11.6 Å². The first kappa shape index (κ1) is 18.3. The molecule has 2 heterocycles. The fraction of sp³-hybridized carbons (Fsp3) is 0. The predicted octanol–water partition coefficient (Wildman–Crippen LogP) is 6.14. The van der Waals surface area contributed by atoms with E-state index in [0.717, 1.165) is 33.3 Å². The fourth-order valence-corrected chi connectivity index (χ4v) is 4.39. The lowest BCUT2D eigenvalue weighted by Crippen LogP contribution is -2.01. The lowest BCUT2D eigenvalue weighted by molar-refractivity contribution is 0.103. The SMILES string of the molecule is O=C1C(=Cc2ccc(C=C3Nc4ccccc4C3=O)c3ccccc23)Nc2ccccc21. The van der Waals surface area contributed by atoms with E-state index in [1.54, 1.807) is 0 Å². The predicted molar refractivity (Wildman–Crippen MR) is 129 cm³/mol. The number of para-hydroxylation sites is 2. The highest BCUT2D eigenvalue weighted by Gasteiger charge is 2.25. The van der Waals surface area contributed by atoms with Gasteiger partial charge in [-0.1, -0.05) is 60.7 Å². The van der Waals surface area contributed by atoms with Gasteiger partial charge in [0.25, 0.3) is 0 Å². The number of benzene rings is 4. The molecule has 0 amide bonds. The molecule has 0 unspecified atom stereocenters. The van der Waals surface area contributed by atoms with Gasteiger partial charge in [-0.05, 0) is 58.3 Å². The van der Waals surface area contributed by atoms with Crippen LogP contribution in [0.15, 0.2) is 96.3 Å². The highest BCUT2D eigenvalue weighted by molar-refractivity contribution is 6.22. The van der Waals surface area contributed by atoms with Crippen molar-refractivity contribution < 1.29 is 9.59 Å². The number of hydrogen-bond donors (Lipinski definition) is 2. The van der Waals surface area contributed by atoms with Gasteiger partial charge in [-0.15, -0.1) is 0 Å². The molecule has 4 nitrogen and oxygen atoms in total. The normalized spacial score (nSPS) is 16.9. The standard InChI is InChI=1S/C28H18N2O2/c31-27-21-9-3-5-11-23(21)29-25(27)15-17-13-14-18(20-8-2-1-7-19(17)20)16-26-28(32)22-10-4-6-12-24(22)30-26/h1-16,29-30H. The summed E-state index contributed by atoms with van der Waals surface area (Å²) in [6.07, 6.45) is 3.80. The second kappa shape index (κ2) is 7.06. The Kier molecular flexibility index (Phi) is 4.05. The number of anilines is 2. The van der Waals surface area contributed by atoms with Crippen LogP contribution in [0, 0.1) is 0 Å². The number of allylic oxidation sites excluding steroid dienone is 2. The lowest BCUT2D eigenvalue weighted by Gasteiger charge is -2.08. The van der Waals surface area contributed by atoms with E-state index in [4.69, 9.17) is 0 Å². The quantitative estimate of drug-likeness (QED) is 0.387. The summed E-state index contributed by atoms with van der Waals surface area (Å²) in [5.74, 6) is -0.0104. The van der Waals surface area contributed by atoms with E-state index in [-0.39, 0.29) is 11.6 Å². The van der Waals surface area contributed by atoms with Crippen LogP contribution >= 0.6 is 0 Å². The van der Waals surface area contributed by atoms with Crippen molar-refractivity contribution in [1.29, 1.82) is 0 Å². The number of hydrogen-bond acceptors (Lipinski definition) is 4. The van der Waals surface area contributed by atoms with E-state index in [0.29, 0.717) is 22.5 Å². The summed E-state index contributed by atoms with van der Waals surface area (Å²) >= 11 is 0. The molecule has 0 aromatic heterocycles. The van der Waals surface area contributed by atoms with Gasteiger partial charge in [0.15, 0.2) is 0 Å². The van der Waals surface area contributed by atoms with Gasteiger partial charge in [0.05, 0.1) is 11.4 Å². The molecule has 0 spiro atoms. The van der Waals surface area contributed by atoms with Crippen molar-refractivity contribution in [1.82, 2.24) is 0 Å². The zero-order valence-corrected chi connectivity index (χ0v) is 17.1. The Morgan fingerprint density at radius 2 is 0.906 bits per heavy atom. The Morgan fingerprint density at radius 1 is 0.500 bits per heavy atom. The second-order valence-electron chi connectivity index (χ2n) is 7.91. The molecule has 4 aromatic carbocycles. The molecule has 6 rings (SSSR count). The van der Waals surface area contributed by atoms with E-state index in [1.165, 1.54) is 0 Å². The van der Waals surface area contributed by atoms with Crippen LogP contribution in [0.1, 0.15) is 31.8 Å². The summed E-state index contributed by atoms with van der Waals surface area (Å²) in [6, 6.07) is 27.1. The van der Waals surface area contributed by atoms with E-state index >= 15 is 0 Å². The zero-order chi connectivity index (χ0) is 21.7. The van der Waals surface area contributed by atoms with Crippen molar-refractivity contribution in [2.75, 3.05) is 10.6 Å². The van der Waals surface area contributed by atoms with Gasteiger partial charge in [-0.25, -0.2) is 0 Å². The number of carbonyl (C=O) groups excluding carboxylic acids is 2. The monoisotopic (exact) mass is 414 g/mol. The first-order chi connectivity index (χ1) is 15.7. The minimum absolute atomic E-state index is 0.00519. The first-order valence-electron chi connectivity index (χ1n) is 10.5. The number of carbonyl (C=O) groups is 2. The fourth-order valence-electron chi connectivity index (χ4n) is 4.39. The van der Waals surface area contributed by atoms with Gasteiger partial charge in [-0.2, -0.15) is 0 Å². The van der Waals surface area contributed by atoms with Crippen molar-refractivity contribution in [3.8, 4) is 0 Å². The summed E-state index contributed by atoms with van der Waals surface area (Å²) < 4.78 is 0. The summed E-state index contributed by atoms with van der Waals surface area (Å²) in [6.45, 7) is 0. The van der Waals surface area contributed by atoms with E-state index in [9.17, 15) is 9.59 Å². The topological polar surface area (TPSA) is 58.2 Å². The van der Waals surface area contributed by atoms with Crippen LogP contribution in [0.3, 0.4) is 0 Å². The van der Waals surface area contributed by atoms with Crippen molar-refractivity contribution in [2.24, 2.45) is 0 Å². The van der Waals surface area contributed by atoms with Gasteiger partial charge in [0.2, 0.25) is 11.6 Å². The maximum Gasteiger partial charge on any atom is 0.211 e. The summed E-state index contributed by atoms with van der Waals surface area (Å²) in [4.78, 5) is 25.6. The van der Waals surface area contributed by atoms with Crippen LogP contribution in [0.4, 0.5) is 11.4 Å². The average molecular weight is 414 g/mol. The molecule has 2 N–H and O–H groups in total. The molecule has 32 heavy (non-hydrogen) atoms. The minimum Gasteiger partial charge on any atom is -0.352 e. The third-order valence-corrected chi connectivity index (χ3v) is 5.96. The summed E-state index contributed by atoms with van der Waals surface area (Å²) in [5.41, 5.74) is 6.06. The number of nitrogens with one attached hydrogen (secondary N) is 2. The smallest absolute Gasteiger partial charge is 0.211 e. The lowest BCUT2D eigenvalue weighted by atomic mass is 9.97. The molecule has 0 aliphatic carbocycles. The molecular formula is C28H18N2O2. The Balaban J connectivity index is 1.42. The van der Waals surface area contributed by atoms with Crippen molar-refractivity contribution in [3.63, 3.8) is 0 Å². The Morgan fingerprint density at radius 3 is 1.34 bits per heavy atom. The molecule has 0 saturated heterocycles. The van der Waals surface area contributed by atoms with Crippen molar-refractivity contribution in [2.45, 2.75) is 0 Å². The number of Topliss-reactive ketones (excluding diaryl/α,β-unsaturated/α-hetero) is 2. The van der Waals surface area contributed by atoms with Crippen LogP contribution in [-0.2, 0) is 0 Å². The first-order valence-corrected chi connectivity index (χ1v) is 10.5. The Labute approximate surface area is 184 Å². The van der Waals surface area contributed by atoms with Gasteiger partial charge in [0, 0.05) is 22.5 Å². The molecule has 0 saturated carbocycles. The van der Waals surface area contributed by atoms with Gasteiger partial charge in [0.1, 0.15) is 0 Å². The maximum absolute atomic E-state index is 12.8. The number of rotatable bonds is 2. The molecule has 2 aliphatic heterocycles. The highest BCUT2D eigenvalue weighted by Crippen LogP contribution is 2.33.